The quantitative estimate of drug-likeness (QED) is 0.428. The van der Waals surface area contributed by atoms with E-state index in [1.54, 1.807) is 71.2 Å². The first kappa shape index (κ1) is 16.3. The summed E-state index contributed by atoms with van der Waals surface area (Å²) in [6, 6.07) is 14.5. The minimum absolute atomic E-state index is 0.0727. The largest absolute Gasteiger partial charge is 0.289 e. The normalized spacial score (nSPS) is 11.3. The van der Waals surface area contributed by atoms with Crippen molar-refractivity contribution >= 4 is 46.4 Å². The average Bonchev–Trinajstić information content (AvgIpc) is 3.31. The van der Waals surface area contributed by atoms with Crippen molar-refractivity contribution in [1.82, 2.24) is 0 Å². The second kappa shape index (κ2) is 7.81. The van der Waals surface area contributed by atoms with Gasteiger partial charge in [-0.05, 0) is 47.2 Å². The fraction of sp³-hybridized carbons (Fsp3) is 0. The number of hydrogen-bond donors (Lipinski definition) is 0. The van der Waals surface area contributed by atoms with Gasteiger partial charge in [0, 0.05) is 20.9 Å². The summed E-state index contributed by atoms with van der Waals surface area (Å²) in [5.41, 5.74) is 1.14. The standard InChI is InChI=1S/C20H14O2S2/c21-19(11-9-17-3-1-13-23-17)15-5-7-16(8-6-15)20(22)12-10-18-4-2-14-24-18/h1-14H/b11-9-,12-10-. The molecule has 0 atom stereocenters. The molecule has 0 unspecified atom stereocenters. The number of allylic oxidation sites excluding steroid dienone is 2. The maximum atomic E-state index is 12.1. The third kappa shape index (κ3) is 4.25. The van der Waals surface area contributed by atoms with Crippen molar-refractivity contribution in [3.63, 3.8) is 0 Å². The van der Waals surface area contributed by atoms with Crippen LogP contribution >= 0.6 is 22.7 Å². The Balaban J connectivity index is 1.66. The summed E-state index contributed by atoms with van der Waals surface area (Å²) in [4.78, 5) is 26.3. The highest BCUT2D eigenvalue weighted by molar-refractivity contribution is 7.11. The topological polar surface area (TPSA) is 34.1 Å². The van der Waals surface area contributed by atoms with Crippen LogP contribution in [0, 0.1) is 0 Å². The summed E-state index contributed by atoms with van der Waals surface area (Å²) < 4.78 is 0. The highest BCUT2D eigenvalue weighted by atomic mass is 32.1. The van der Waals surface area contributed by atoms with Gasteiger partial charge in [-0.2, -0.15) is 0 Å². The molecule has 1 aromatic carbocycles. The molecule has 0 N–H and O–H groups in total. The molecule has 0 fully saturated rings. The maximum absolute atomic E-state index is 12.1. The van der Waals surface area contributed by atoms with Crippen LogP contribution in [0.15, 0.2) is 71.4 Å². The van der Waals surface area contributed by atoms with Crippen molar-refractivity contribution in [3.05, 3.63) is 92.3 Å². The van der Waals surface area contributed by atoms with E-state index in [4.69, 9.17) is 0 Å². The van der Waals surface area contributed by atoms with Gasteiger partial charge in [-0.25, -0.2) is 0 Å². The first-order valence-electron chi connectivity index (χ1n) is 7.34. The van der Waals surface area contributed by atoms with E-state index in [9.17, 15) is 9.59 Å². The molecule has 2 aromatic heterocycles. The predicted molar refractivity (Wildman–Crippen MR) is 102 cm³/mol. The minimum atomic E-state index is -0.0727. The van der Waals surface area contributed by atoms with E-state index in [-0.39, 0.29) is 11.6 Å². The number of carbonyl (C=O) groups is 2. The smallest absolute Gasteiger partial charge is 0.185 e. The first-order valence-corrected chi connectivity index (χ1v) is 9.10. The lowest BCUT2D eigenvalue weighted by Crippen LogP contribution is -1.98. The van der Waals surface area contributed by atoms with E-state index in [2.05, 4.69) is 0 Å². The van der Waals surface area contributed by atoms with Crippen LogP contribution in [-0.4, -0.2) is 11.6 Å². The molecule has 24 heavy (non-hydrogen) atoms. The van der Waals surface area contributed by atoms with E-state index in [1.165, 1.54) is 0 Å². The van der Waals surface area contributed by atoms with Crippen LogP contribution in [0.25, 0.3) is 12.2 Å². The Bertz CT molecular complexity index is 793. The van der Waals surface area contributed by atoms with Crippen LogP contribution in [-0.2, 0) is 0 Å². The molecule has 2 heterocycles. The molecule has 0 aliphatic heterocycles. The van der Waals surface area contributed by atoms with Crippen LogP contribution in [0.4, 0.5) is 0 Å². The van der Waals surface area contributed by atoms with E-state index >= 15 is 0 Å². The van der Waals surface area contributed by atoms with Gasteiger partial charge in [-0.15, -0.1) is 22.7 Å². The Hall–Kier alpha value is -2.56. The zero-order chi connectivity index (χ0) is 16.8. The van der Waals surface area contributed by atoms with E-state index in [0.717, 1.165) is 9.75 Å². The number of benzene rings is 1. The number of rotatable bonds is 6. The lowest BCUT2D eigenvalue weighted by Gasteiger charge is -1.99. The monoisotopic (exact) mass is 350 g/mol. The van der Waals surface area contributed by atoms with Crippen molar-refractivity contribution < 1.29 is 9.59 Å². The van der Waals surface area contributed by atoms with Crippen molar-refractivity contribution in [3.8, 4) is 0 Å². The molecule has 2 nitrogen and oxygen atoms in total. The van der Waals surface area contributed by atoms with Crippen LogP contribution in [0.2, 0.25) is 0 Å². The molecule has 0 amide bonds. The minimum Gasteiger partial charge on any atom is -0.289 e. The van der Waals surface area contributed by atoms with Crippen LogP contribution < -0.4 is 0 Å². The highest BCUT2D eigenvalue weighted by Crippen LogP contribution is 2.14. The summed E-state index contributed by atoms with van der Waals surface area (Å²) >= 11 is 3.16. The summed E-state index contributed by atoms with van der Waals surface area (Å²) in [7, 11) is 0. The van der Waals surface area contributed by atoms with Crippen molar-refractivity contribution in [2.24, 2.45) is 0 Å². The number of carbonyl (C=O) groups excluding carboxylic acids is 2. The Kier molecular flexibility index (Phi) is 5.31. The summed E-state index contributed by atoms with van der Waals surface area (Å²) in [6.45, 7) is 0. The number of hydrogen-bond acceptors (Lipinski definition) is 4. The Labute approximate surface area is 148 Å². The SMILES string of the molecule is O=C(/C=C\c1cccs1)c1ccc(C(=O)/C=C\c2cccs2)cc1. The first-order chi connectivity index (χ1) is 11.7. The number of ketones is 2. The fourth-order valence-electron chi connectivity index (χ4n) is 2.08. The van der Waals surface area contributed by atoms with E-state index in [1.807, 2.05) is 35.0 Å². The fourth-order valence-corrected chi connectivity index (χ4v) is 3.32. The second-order valence-corrected chi connectivity index (χ2v) is 6.96. The summed E-state index contributed by atoms with van der Waals surface area (Å²) in [5.74, 6) is -0.145. The van der Waals surface area contributed by atoms with Crippen LogP contribution in [0.3, 0.4) is 0 Å². The molecule has 4 heteroatoms. The molecule has 0 saturated carbocycles. The van der Waals surface area contributed by atoms with Gasteiger partial charge in [0.05, 0.1) is 0 Å². The van der Waals surface area contributed by atoms with Gasteiger partial charge in [0.1, 0.15) is 0 Å². The molecule has 0 radical (unpaired) electrons. The highest BCUT2D eigenvalue weighted by Gasteiger charge is 2.05. The molecule has 0 spiro atoms. The van der Waals surface area contributed by atoms with Gasteiger partial charge in [0.2, 0.25) is 0 Å². The Morgan fingerprint density at radius 2 is 1.08 bits per heavy atom. The summed E-state index contributed by atoms with van der Waals surface area (Å²) in [5, 5.41) is 3.93. The van der Waals surface area contributed by atoms with Gasteiger partial charge >= 0.3 is 0 Å². The van der Waals surface area contributed by atoms with Gasteiger partial charge in [-0.3, -0.25) is 9.59 Å². The van der Waals surface area contributed by atoms with Crippen molar-refractivity contribution in [2.45, 2.75) is 0 Å². The average molecular weight is 350 g/mol. The van der Waals surface area contributed by atoms with Crippen molar-refractivity contribution in [2.75, 3.05) is 0 Å². The van der Waals surface area contributed by atoms with Gasteiger partial charge in [-0.1, -0.05) is 36.4 Å². The lowest BCUT2D eigenvalue weighted by atomic mass is 10.0. The van der Waals surface area contributed by atoms with E-state index < -0.39 is 0 Å². The molecule has 0 aliphatic rings. The molecule has 0 aliphatic carbocycles. The lowest BCUT2D eigenvalue weighted by molar-refractivity contribution is 0.103. The second-order valence-electron chi connectivity index (χ2n) is 5.00. The Morgan fingerprint density at radius 1 is 0.667 bits per heavy atom. The molecule has 118 valence electrons. The van der Waals surface area contributed by atoms with Crippen LogP contribution in [0.5, 0.6) is 0 Å². The van der Waals surface area contributed by atoms with Gasteiger partial charge < -0.3 is 0 Å². The molecule has 3 rings (SSSR count). The number of thiophene rings is 2. The summed E-state index contributed by atoms with van der Waals surface area (Å²) in [6.07, 6.45) is 6.71. The van der Waals surface area contributed by atoms with Crippen LogP contribution in [0.1, 0.15) is 30.5 Å². The molecule has 3 aromatic rings. The third-order valence-corrected chi connectivity index (χ3v) is 5.01. The van der Waals surface area contributed by atoms with E-state index in [0.29, 0.717) is 11.1 Å². The van der Waals surface area contributed by atoms with Gasteiger partial charge in [0.15, 0.2) is 11.6 Å². The molecular formula is C20H14O2S2. The zero-order valence-electron chi connectivity index (χ0n) is 12.7. The predicted octanol–water partition coefficient (Wildman–Crippen LogP) is 5.60. The third-order valence-electron chi connectivity index (χ3n) is 3.34. The molecule has 0 saturated heterocycles. The van der Waals surface area contributed by atoms with Crippen molar-refractivity contribution in [1.29, 1.82) is 0 Å². The Morgan fingerprint density at radius 3 is 1.42 bits per heavy atom. The molecule has 0 bridgehead atoms. The molecular weight excluding hydrogens is 336 g/mol. The zero-order valence-corrected chi connectivity index (χ0v) is 14.3. The maximum Gasteiger partial charge on any atom is 0.185 e. The van der Waals surface area contributed by atoms with Gasteiger partial charge in [0.25, 0.3) is 0 Å².